The van der Waals surface area contributed by atoms with Gasteiger partial charge in [0.05, 0.1) is 16.7 Å². The van der Waals surface area contributed by atoms with Crippen LogP contribution in [0.5, 0.6) is 11.5 Å². The van der Waals surface area contributed by atoms with Gasteiger partial charge in [-0.25, -0.2) is 4.98 Å². The predicted octanol–water partition coefficient (Wildman–Crippen LogP) is 5.49. The molecule has 7 heteroatoms. The molecule has 1 atom stereocenters. The van der Waals surface area contributed by atoms with Crippen LogP contribution in [0.1, 0.15) is 45.5 Å². The van der Waals surface area contributed by atoms with E-state index in [4.69, 9.17) is 9.47 Å². The molecule has 5 rings (SSSR count). The lowest BCUT2D eigenvalue weighted by atomic mass is 10.0. The van der Waals surface area contributed by atoms with Gasteiger partial charge in [-0.3, -0.25) is 4.79 Å². The molecule has 5 nitrogen and oxygen atoms in total. The Morgan fingerprint density at radius 2 is 1.97 bits per heavy atom. The van der Waals surface area contributed by atoms with E-state index >= 15 is 0 Å². The molecule has 0 saturated carbocycles. The molecule has 160 valence electrons. The summed E-state index contributed by atoms with van der Waals surface area (Å²) in [7, 11) is 0. The topological polar surface area (TPSA) is 51.7 Å². The molecular weight excluding hydrogens is 428 g/mol. The molecule has 3 aromatic rings. The van der Waals surface area contributed by atoms with Crippen LogP contribution in [-0.4, -0.2) is 35.5 Å². The summed E-state index contributed by atoms with van der Waals surface area (Å²) in [6.07, 6.45) is 1.97. The number of hydrogen-bond acceptors (Lipinski definition) is 6. The van der Waals surface area contributed by atoms with E-state index in [0.29, 0.717) is 13.2 Å². The number of benzene rings is 2. The molecule has 1 fully saturated rings. The SMILES string of the molecule is Cc1nc(CSc2ccc(C(=O)N3CCCC3c3ccc4c(c3)OCCO4)cc2)cs1. The first-order valence-electron chi connectivity index (χ1n) is 10.5. The number of carbonyl (C=O) groups excluding carboxylic acids is 1. The third kappa shape index (κ3) is 4.43. The average Bonchev–Trinajstić information content (AvgIpc) is 3.46. The first kappa shape index (κ1) is 20.4. The minimum absolute atomic E-state index is 0.0743. The van der Waals surface area contributed by atoms with Crippen molar-refractivity contribution in [3.05, 3.63) is 69.7 Å². The Hall–Kier alpha value is -2.51. The number of carbonyl (C=O) groups is 1. The number of fused-ring (bicyclic) bond motifs is 1. The van der Waals surface area contributed by atoms with Gasteiger partial charge in [-0.05, 0) is 61.7 Å². The van der Waals surface area contributed by atoms with Crippen molar-refractivity contribution in [2.45, 2.75) is 36.5 Å². The van der Waals surface area contributed by atoms with Crippen molar-refractivity contribution >= 4 is 29.0 Å². The molecular formula is C24H24N2O3S2. The lowest BCUT2D eigenvalue weighted by Crippen LogP contribution is -2.30. The number of thiazole rings is 1. The van der Waals surface area contributed by atoms with Crippen LogP contribution in [-0.2, 0) is 5.75 Å². The molecule has 3 heterocycles. The maximum atomic E-state index is 13.3. The molecule has 31 heavy (non-hydrogen) atoms. The van der Waals surface area contributed by atoms with E-state index in [9.17, 15) is 4.79 Å². The van der Waals surface area contributed by atoms with Gasteiger partial charge in [0.25, 0.3) is 5.91 Å². The van der Waals surface area contributed by atoms with E-state index in [2.05, 4.69) is 16.4 Å². The van der Waals surface area contributed by atoms with Gasteiger partial charge in [-0.1, -0.05) is 6.07 Å². The highest BCUT2D eigenvalue weighted by Gasteiger charge is 2.31. The predicted molar refractivity (Wildman–Crippen MR) is 123 cm³/mol. The Balaban J connectivity index is 1.27. The van der Waals surface area contributed by atoms with Crippen LogP contribution >= 0.6 is 23.1 Å². The van der Waals surface area contributed by atoms with E-state index in [1.54, 1.807) is 23.1 Å². The zero-order chi connectivity index (χ0) is 21.2. The van der Waals surface area contributed by atoms with Gasteiger partial charge in [-0.2, -0.15) is 0 Å². The summed E-state index contributed by atoms with van der Waals surface area (Å²) in [6.45, 7) is 3.95. The number of aromatic nitrogens is 1. The normalized spacial score (nSPS) is 17.7. The molecule has 1 amide bonds. The molecule has 1 aromatic heterocycles. The number of likely N-dealkylation sites (tertiary alicyclic amines) is 1. The van der Waals surface area contributed by atoms with Gasteiger partial charge >= 0.3 is 0 Å². The molecule has 0 spiro atoms. The van der Waals surface area contributed by atoms with E-state index in [0.717, 1.165) is 63.4 Å². The van der Waals surface area contributed by atoms with Gasteiger partial charge in [0.15, 0.2) is 11.5 Å². The molecule has 0 bridgehead atoms. The summed E-state index contributed by atoms with van der Waals surface area (Å²) in [5, 5.41) is 3.20. The van der Waals surface area contributed by atoms with Gasteiger partial charge < -0.3 is 14.4 Å². The number of rotatable bonds is 5. The van der Waals surface area contributed by atoms with Crippen molar-refractivity contribution in [3.63, 3.8) is 0 Å². The Labute approximate surface area is 190 Å². The lowest BCUT2D eigenvalue weighted by Gasteiger charge is -2.27. The van der Waals surface area contributed by atoms with Crippen molar-refractivity contribution in [1.82, 2.24) is 9.88 Å². The molecule has 0 radical (unpaired) electrons. The van der Waals surface area contributed by atoms with Gasteiger partial charge in [0.1, 0.15) is 13.2 Å². The van der Waals surface area contributed by atoms with Crippen molar-refractivity contribution in [2.24, 2.45) is 0 Å². The third-order valence-corrected chi connectivity index (χ3v) is 7.49. The lowest BCUT2D eigenvalue weighted by molar-refractivity contribution is 0.0735. The maximum Gasteiger partial charge on any atom is 0.254 e. The van der Waals surface area contributed by atoms with E-state index < -0.39 is 0 Å². The van der Waals surface area contributed by atoms with E-state index in [1.807, 2.05) is 48.2 Å². The van der Waals surface area contributed by atoms with Gasteiger partial charge in [0, 0.05) is 28.1 Å². The summed E-state index contributed by atoms with van der Waals surface area (Å²) in [4.78, 5) is 20.9. The molecule has 1 unspecified atom stereocenters. The van der Waals surface area contributed by atoms with Crippen molar-refractivity contribution < 1.29 is 14.3 Å². The highest BCUT2D eigenvalue weighted by atomic mass is 32.2. The Kier molecular flexibility index (Phi) is 5.87. The molecule has 2 aromatic carbocycles. The molecule has 1 saturated heterocycles. The largest absolute Gasteiger partial charge is 0.486 e. The van der Waals surface area contributed by atoms with E-state index in [1.165, 1.54) is 0 Å². The smallest absolute Gasteiger partial charge is 0.254 e. The number of nitrogens with zero attached hydrogens (tertiary/aromatic N) is 2. The van der Waals surface area contributed by atoms with Crippen LogP contribution in [0.2, 0.25) is 0 Å². The van der Waals surface area contributed by atoms with Crippen LogP contribution in [0.15, 0.2) is 52.7 Å². The summed E-state index contributed by atoms with van der Waals surface area (Å²) in [5.41, 5.74) is 2.95. The number of thioether (sulfide) groups is 1. The van der Waals surface area contributed by atoms with Crippen LogP contribution in [0.3, 0.4) is 0 Å². The van der Waals surface area contributed by atoms with Crippen LogP contribution in [0, 0.1) is 6.92 Å². The fourth-order valence-electron chi connectivity index (χ4n) is 4.11. The highest BCUT2D eigenvalue weighted by Crippen LogP contribution is 2.38. The second-order valence-corrected chi connectivity index (χ2v) is 9.84. The number of hydrogen-bond donors (Lipinski definition) is 0. The fraction of sp³-hybridized carbons (Fsp3) is 0.333. The van der Waals surface area contributed by atoms with Crippen LogP contribution in [0.4, 0.5) is 0 Å². The molecule has 0 aliphatic carbocycles. The molecule has 2 aliphatic heterocycles. The van der Waals surface area contributed by atoms with Crippen LogP contribution in [0.25, 0.3) is 0 Å². The second-order valence-electron chi connectivity index (χ2n) is 7.73. The third-order valence-electron chi connectivity index (χ3n) is 5.62. The molecule has 0 N–H and O–H groups in total. The summed E-state index contributed by atoms with van der Waals surface area (Å²) in [5.74, 6) is 2.49. The first-order chi connectivity index (χ1) is 15.2. The van der Waals surface area contributed by atoms with Crippen molar-refractivity contribution in [3.8, 4) is 11.5 Å². The second kappa shape index (κ2) is 8.93. The fourth-order valence-corrected chi connectivity index (χ4v) is 5.62. The number of ether oxygens (including phenoxy) is 2. The zero-order valence-electron chi connectivity index (χ0n) is 17.4. The quantitative estimate of drug-likeness (QED) is 0.479. The Morgan fingerprint density at radius 3 is 2.74 bits per heavy atom. The van der Waals surface area contributed by atoms with Gasteiger partial charge in [-0.15, -0.1) is 23.1 Å². The minimum Gasteiger partial charge on any atom is -0.486 e. The highest BCUT2D eigenvalue weighted by molar-refractivity contribution is 7.98. The molecule has 2 aliphatic rings. The number of aryl methyl sites for hydroxylation is 1. The summed E-state index contributed by atoms with van der Waals surface area (Å²) >= 11 is 3.42. The zero-order valence-corrected chi connectivity index (χ0v) is 19.0. The van der Waals surface area contributed by atoms with Crippen molar-refractivity contribution in [2.75, 3.05) is 19.8 Å². The van der Waals surface area contributed by atoms with E-state index in [-0.39, 0.29) is 11.9 Å². The standard InChI is InChI=1S/C24H24N2O3S2/c1-16-25-19(14-30-16)15-31-20-7-4-17(5-8-20)24(27)26-10-2-3-21(26)18-6-9-22-23(13-18)29-12-11-28-22/h4-9,13-14,21H,2-3,10-12,15H2,1H3. The minimum atomic E-state index is 0.0743. The van der Waals surface area contributed by atoms with Crippen molar-refractivity contribution in [1.29, 1.82) is 0 Å². The number of amides is 1. The monoisotopic (exact) mass is 452 g/mol. The Bertz CT molecular complexity index is 1080. The maximum absolute atomic E-state index is 13.3. The first-order valence-corrected chi connectivity index (χ1v) is 12.4. The summed E-state index contributed by atoms with van der Waals surface area (Å²) < 4.78 is 11.4. The average molecular weight is 453 g/mol. The van der Waals surface area contributed by atoms with Crippen LogP contribution < -0.4 is 9.47 Å². The van der Waals surface area contributed by atoms with Gasteiger partial charge in [0.2, 0.25) is 0 Å². The summed E-state index contributed by atoms with van der Waals surface area (Å²) in [6, 6.07) is 14.1. The Morgan fingerprint density at radius 1 is 1.16 bits per heavy atom.